The van der Waals surface area contributed by atoms with Crippen molar-refractivity contribution in [2.45, 2.75) is 0 Å². The van der Waals surface area contributed by atoms with Crippen molar-refractivity contribution in [1.29, 1.82) is 0 Å². The predicted molar refractivity (Wildman–Crippen MR) is 94.4 cm³/mol. The van der Waals surface area contributed by atoms with Crippen LogP contribution < -0.4 is 5.32 Å². The fourth-order valence-electron chi connectivity index (χ4n) is 2.71. The van der Waals surface area contributed by atoms with E-state index in [0.717, 1.165) is 22.4 Å². The highest BCUT2D eigenvalue weighted by Crippen LogP contribution is 2.18. The molecule has 0 spiro atoms. The van der Waals surface area contributed by atoms with Gasteiger partial charge in [-0.1, -0.05) is 0 Å². The summed E-state index contributed by atoms with van der Waals surface area (Å²) in [5, 5.41) is 2.92. The predicted octanol–water partition coefficient (Wildman–Crippen LogP) is 3.62. The highest BCUT2D eigenvalue weighted by molar-refractivity contribution is 6.05. The molecule has 0 aliphatic carbocycles. The van der Waals surface area contributed by atoms with Crippen LogP contribution in [0.2, 0.25) is 0 Å². The second kappa shape index (κ2) is 5.70. The molecule has 2 aromatic carbocycles. The van der Waals surface area contributed by atoms with Crippen LogP contribution in [0.5, 0.6) is 0 Å². The highest BCUT2D eigenvalue weighted by Gasteiger charge is 2.08. The topological polar surface area (TPSA) is 51.9 Å². The Hall–Kier alpha value is -3.34. The van der Waals surface area contributed by atoms with E-state index in [1.807, 2.05) is 83.2 Å². The Morgan fingerprint density at radius 2 is 1.79 bits per heavy atom. The van der Waals surface area contributed by atoms with Gasteiger partial charge in [0.25, 0.3) is 5.91 Å². The van der Waals surface area contributed by atoms with Crippen LogP contribution in [-0.4, -0.2) is 20.0 Å². The number of rotatable bonds is 3. The van der Waals surface area contributed by atoms with E-state index in [1.165, 1.54) is 0 Å². The van der Waals surface area contributed by atoms with Crippen LogP contribution in [-0.2, 0) is 7.05 Å². The zero-order valence-electron chi connectivity index (χ0n) is 13.2. The first-order valence-electron chi connectivity index (χ1n) is 7.66. The molecule has 0 unspecified atom stereocenters. The summed E-state index contributed by atoms with van der Waals surface area (Å²) in [7, 11) is 1.94. The molecule has 1 amide bonds. The number of imidazole rings is 1. The smallest absolute Gasteiger partial charge is 0.255 e. The Bertz CT molecular complexity index is 998. The monoisotopic (exact) mass is 316 g/mol. The molecule has 0 saturated carbocycles. The van der Waals surface area contributed by atoms with Crippen molar-refractivity contribution >= 4 is 22.6 Å². The lowest BCUT2D eigenvalue weighted by Gasteiger charge is -2.07. The van der Waals surface area contributed by atoms with Gasteiger partial charge in [-0.15, -0.1) is 0 Å². The van der Waals surface area contributed by atoms with Gasteiger partial charge in [-0.3, -0.25) is 4.79 Å². The van der Waals surface area contributed by atoms with Crippen LogP contribution in [0.25, 0.3) is 16.7 Å². The van der Waals surface area contributed by atoms with Crippen molar-refractivity contribution in [2.24, 2.45) is 7.05 Å². The summed E-state index contributed by atoms with van der Waals surface area (Å²) in [5.41, 5.74) is 4.27. The molecule has 5 nitrogen and oxygen atoms in total. The Balaban J connectivity index is 1.54. The number of carbonyl (C=O) groups is 1. The summed E-state index contributed by atoms with van der Waals surface area (Å²) in [6, 6.07) is 17.1. The molecule has 5 heteroatoms. The van der Waals surface area contributed by atoms with E-state index in [9.17, 15) is 4.79 Å². The van der Waals surface area contributed by atoms with Gasteiger partial charge in [0.15, 0.2) is 0 Å². The average molecular weight is 316 g/mol. The molecule has 0 aliphatic heterocycles. The first kappa shape index (κ1) is 14.3. The molecule has 0 aliphatic rings. The Labute approximate surface area is 139 Å². The van der Waals surface area contributed by atoms with Gasteiger partial charge in [-0.05, 0) is 54.6 Å². The number of anilines is 1. The van der Waals surface area contributed by atoms with Crippen LogP contribution in [0, 0.1) is 0 Å². The Kier molecular flexibility index (Phi) is 3.39. The average Bonchev–Trinajstić information content (AvgIpc) is 3.25. The fourth-order valence-corrected chi connectivity index (χ4v) is 2.71. The van der Waals surface area contributed by atoms with Gasteiger partial charge in [0.2, 0.25) is 0 Å². The first-order chi connectivity index (χ1) is 11.7. The number of carbonyl (C=O) groups excluding carboxylic acids is 1. The molecule has 2 aromatic heterocycles. The number of benzene rings is 2. The number of aromatic nitrogens is 3. The van der Waals surface area contributed by atoms with Gasteiger partial charge in [-0.25, -0.2) is 4.98 Å². The fraction of sp³-hybridized carbons (Fsp3) is 0.0526. The lowest BCUT2D eigenvalue weighted by Crippen LogP contribution is -2.11. The second-order valence-electron chi connectivity index (χ2n) is 5.65. The molecule has 0 fully saturated rings. The summed E-state index contributed by atoms with van der Waals surface area (Å²) < 4.78 is 3.94. The SMILES string of the molecule is Cn1cnc2cc(NC(=O)c3ccc(-n4cccc4)cc3)ccc21. The molecule has 2 heterocycles. The van der Waals surface area contributed by atoms with E-state index in [0.29, 0.717) is 5.56 Å². The summed E-state index contributed by atoms with van der Waals surface area (Å²) in [4.78, 5) is 16.7. The Morgan fingerprint density at radius 3 is 2.54 bits per heavy atom. The van der Waals surface area contributed by atoms with Gasteiger partial charge in [0.1, 0.15) is 0 Å². The first-order valence-corrected chi connectivity index (χ1v) is 7.66. The van der Waals surface area contributed by atoms with Gasteiger partial charge in [0, 0.05) is 36.4 Å². The summed E-state index contributed by atoms with van der Waals surface area (Å²) in [5.74, 6) is -0.135. The van der Waals surface area contributed by atoms with Crippen LogP contribution in [0.4, 0.5) is 5.69 Å². The minimum atomic E-state index is -0.135. The molecule has 24 heavy (non-hydrogen) atoms. The number of nitrogens with zero attached hydrogens (tertiary/aromatic N) is 3. The van der Waals surface area contributed by atoms with Crippen molar-refractivity contribution in [2.75, 3.05) is 5.32 Å². The van der Waals surface area contributed by atoms with E-state index in [4.69, 9.17) is 0 Å². The van der Waals surface area contributed by atoms with Crippen LogP contribution in [0.3, 0.4) is 0 Å². The van der Waals surface area contributed by atoms with Gasteiger partial charge < -0.3 is 14.5 Å². The number of nitrogens with one attached hydrogen (secondary N) is 1. The number of aryl methyl sites for hydroxylation is 1. The lowest BCUT2D eigenvalue weighted by molar-refractivity contribution is 0.102. The third-order valence-electron chi connectivity index (χ3n) is 4.02. The summed E-state index contributed by atoms with van der Waals surface area (Å²) in [6.45, 7) is 0. The quantitative estimate of drug-likeness (QED) is 0.627. The van der Waals surface area contributed by atoms with Crippen molar-refractivity contribution in [3.05, 3.63) is 78.9 Å². The molecule has 4 aromatic rings. The molecule has 0 bridgehead atoms. The number of fused-ring (bicyclic) bond motifs is 1. The molecule has 0 atom stereocenters. The van der Waals surface area contributed by atoms with Crippen LogP contribution in [0.15, 0.2) is 73.3 Å². The van der Waals surface area contributed by atoms with E-state index in [2.05, 4.69) is 10.3 Å². The zero-order valence-corrected chi connectivity index (χ0v) is 13.2. The maximum atomic E-state index is 12.4. The summed E-state index contributed by atoms with van der Waals surface area (Å²) in [6.07, 6.45) is 5.70. The normalized spacial score (nSPS) is 10.9. The molecule has 4 rings (SSSR count). The maximum Gasteiger partial charge on any atom is 0.255 e. The number of amides is 1. The molecule has 118 valence electrons. The third kappa shape index (κ3) is 2.56. The maximum absolute atomic E-state index is 12.4. The van der Waals surface area contributed by atoms with Crippen LogP contribution in [0.1, 0.15) is 10.4 Å². The number of hydrogen-bond donors (Lipinski definition) is 1. The van der Waals surface area contributed by atoms with Crippen molar-refractivity contribution < 1.29 is 4.79 Å². The van der Waals surface area contributed by atoms with Crippen molar-refractivity contribution in [1.82, 2.24) is 14.1 Å². The molecule has 0 saturated heterocycles. The standard InChI is InChI=1S/C19H16N4O/c1-22-13-20-17-12-15(6-9-18(17)22)21-19(24)14-4-7-16(8-5-14)23-10-2-3-11-23/h2-13H,1H3,(H,21,24). The largest absolute Gasteiger partial charge is 0.334 e. The van der Waals surface area contributed by atoms with E-state index < -0.39 is 0 Å². The summed E-state index contributed by atoms with van der Waals surface area (Å²) >= 11 is 0. The van der Waals surface area contributed by atoms with Gasteiger partial charge >= 0.3 is 0 Å². The minimum absolute atomic E-state index is 0.135. The Morgan fingerprint density at radius 1 is 1.04 bits per heavy atom. The van der Waals surface area contributed by atoms with Crippen LogP contribution >= 0.6 is 0 Å². The van der Waals surface area contributed by atoms with Crippen molar-refractivity contribution in [3.8, 4) is 5.69 Å². The lowest BCUT2D eigenvalue weighted by atomic mass is 10.2. The van der Waals surface area contributed by atoms with Crippen molar-refractivity contribution in [3.63, 3.8) is 0 Å². The number of hydrogen-bond acceptors (Lipinski definition) is 2. The zero-order chi connectivity index (χ0) is 16.5. The molecule has 0 radical (unpaired) electrons. The molecular weight excluding hydrogens is 300 g/mol. The van der Waals surface area contributed by atoms with E-state index in [1.54, 1.807) is 6.33 Å². The van der Waals surface area contributed by atoms with E-state index in [-0.39, 0.29) is 5.91 Å². The van der Waals surface area contributed by atoms with Gasteiger partial charge in [0.05, 0.1) is 17.4 Å². The minimum Gasteiger partial charge on any atom is -0.334 e. The van der Waals surface area contributed by atoms with Gasteiger partial charge in [-0.2, -0.15) is 0 Å². The highest BCUT2D eigenvalue weighted by atomic mass is 16.1. The molecular formula is C19H16N4O. The third-order valence-corrected chi connectivity index (χ3v) is 4.02. The molecule has 1 N–H and O–H groups in total. The second-order valence-corrected chi connectivity index (χ2v) is 5.65. The van der Waals surface area contributed by atoms with E-state index >= 15 is 0 Å².